The maximum Gasteiger partial charge on any atom is 0.412 e. The van der Waals surface area contributed by atoms with Crippen LogP contribution >= 0.6 is 11.8 Å². The quantitative estimate of drug-likeness (QED) is 0.190. The summed E-state index contributed by atoms with van der Waals surface area (Å²) in [5, 5.41) is 11.1. The van der Waals surface area contributed by atoms with Crippen LogP contribution in [0.2, 0.25) is 0 Å². The van der Waals surface area contributed by atoms with Gasteiger partial charge in [0.2, 0.25) is 0 Å². The van der Waals surface area contributed by atoms with Crippen LogP contribution in [0.25, 0.3) is 0 Å². The van der Waals surface area contributed by atoms with E-state index in [4.69, 9.17) is 19.9 Å². The van der Waals surface area contributed by atoms with Gasteiger partial charge in [-0.05, 0) is 66.1 Å². The summed E-state index contributed by atoms with van der Waals surface area (Å²) in [6.07, 6.45) is 6.00. The molecule has 1 amide bonds. The number of amides is 1. The van der Waals surface area contributed by atoms with Gasteiger partial charge in [0.05, 0.1) is 19.9 Å². The molecule has 39 heavy (non-hydrogen) atoms. The number of allylic oxidation sites excluding steroid dienone is 4. The molecule has 0 aliphatic heterocycles. The number of carbonyl (C=O) groups excluding carboxylic acids is 2. The first kappa shape index (κ1) is 27.6. The normalized spacial score (nSPS) is 13.0. The summed E-state index contributed by atoms with van der Waals surface area (Å²) in [5.74, 6) is 1.16. The lowest BCUT2D eigenvalue weighted by molar-refractivity contribution is 0.103. The van der Waals surface area contributed by atoms with E-state index in [2.05, 4.69) is 5.32 Å². The molecule has 1 aliphatic rings. The Bertz CT molecular complexity index is 1440. The average Bonchev–Trinajstić information content (AvgIpc) is 2.96. The molecular weight excluding hydrogens is 510 g/mol. The molecule has 0 unspecified atom stereocenters. The van der Waals surface area contributed by atoms with Crippen LogP contribution in [0, 0.1) is 5.41 Å². The lowest BCUT2D eigenvalue weighted by Gasteiger charge is -2.15. The van der Waals surface area contributed by atoms with Gasteiger partial charge in [-0.15, -0.1) is 0 Å². The zero-order chi connectivity index (χ0) is 27.6. The minimum absolute atomic E-state index is 0.114. The first-order chi connectivity index (χ1) is 18.9. The molecule has 0 saturated carbocycles. The number of aliphatic imine (C=N–C) groups is 1. The molecule has 3 aromatic carbocycles. The molecule has 1 aliphatic carbocycles. The second-order valence-corrected chi connectivity index (χ2v) is 9.73. The molecule has 0 bridgehead atoms. The number of ketones is 1. The van der Waals surface area contributed by atoms with Crippen molar-refractivity contribution in [3.8, 4) is 5.75 Å². The van der Waals surface area contributed by atoms with Gasteiger partial charge in [-0.3, -0.25) is 10.1 Å². The third-order valence-electron chi connectivity index (χ3n) is 5.99. The maximum absolute atomic E-state index is 13.5. The van der Waals surface area contributed by atoms with Gasteiger partial charge in [-0.1, -0.05) is 59.8 Å². The van der Waals surface area contributed by atoms with Crippen LogP contribution in [0.1, 0.15) is 33.5 Å². The van der Waals surface area contributed by atoms with Crippen molar-refractivity contribution in [2.45, 2.75) is 18.6 Å². The van der Waals surface area contributed by atoms with E-state index >= 15 is 0 Å². The second kappa shape index (κ2) is 13.4. The Hall–Kier alpha value is -4.43. The number of hydrogen-bond acceptors (Lipinski definition) is 7. The Labute approximate surface area is 232 Å². The van der Waals surface area contributed by atoms with Crippen molar-refractivity contribution in [2.75, 3.05) is 14.2 Å². The Morgan fingerprint density at radius 2 is 1.79 bits per heavy atom. The molecule has 0 spiro atoms. The topological polar surface area (TPSA) is 101 Å². The van der Waals surface area contributed by atoms with Crippen LogP contribution in [-0.4, -0.2) is 37.0 Å². The van der Waals surface area contributed by atoms with E-state index in [-0.39, 0.29) is 5.78 Å². The van der Waals surface area contributed by atoms with Crippen LogP contribution in [-0.2, 0) is 16.9 Å². The van der Waals surface area contributed by atoms with Gasteiger partial charge in [0.25, 0.3) is 0 Å². The van der Waals surface area contributed by atoms with Crippen molar-refractivity contribution in [3.05, 3.63) is 119 Å². The first-order valence-corrected chi connectivity index (χ1v) is 13.3. The van der Waals surface area contributed by atoms with Gasteiger partial charge in [-0.25, -0.2) is 9.79 Å². The number of amidine groups is 1. The predicted octanol–water partition coefficient (Wildman–Crippen LogP) is 6.65. The fraction of sp³-hybridized carbons (Fsp3) is 0.161. The van der Waals surface area contributed by atoms with Gasteiger partial charge in [0.1, 0.15) is 5.75 Å². The van der Waals surface area contributed by atoms with Crippen molar-refractivity contribution >= 4 is 40.2 Å². The van der Waals surface area contributed by atoms with Crippen molar-refractivity contribution in [1.29, 1.82) is 5.41 Å². The third kappa shape index (κ3) is 7.78. The van der Waals surface area contributed by atoms with Crippen molar-refractivity contribution in [3.63, 3.8) is 0 Å². The van der Waals surface area contributed by atoms with Crippen molar-refractivity contribution in [1.82, 2.24) is 5.32 Å². The molecule has 0 atom stereocenters. The lowest BCUT2D eigenvalue weighted by atomic mass is 9.90. The number of rotatable bonds is 8. The monoisotopic (exact) mass is 539 g/mol. The van der Waals surface area contributed by atoms with E-state index in [1.165, 1.54) is 18.9 Å². The minimum atomic E-state index is -0.613. The molecule has 4 rings (SSSR count). The largest absolute Gasteiger partial charge is 0.497 e. The molecule has 3 aromatic rings. The number of nitrogens with one attached hydrogen (secondary N) is 2. The molecule has 2 N–H and O–H groups in total. The predicted molar refractivity (Wildman–Crippen MR) is 157 cm³/mol. The fourth-order valence-corrected chi connectivity index (χ4v) is 4.84. The Balaban J connectivity index is 1.68. The number of ether oxygens (including phenoxy) is 2. The Morgan fingerprint density at radius 3 is 2.49 bits per heavy atom. The summed E-state index contributed by atoms with van der Waals surface area (Å²) >= 11 is 1.38. The summed E-state index contributed by atoms with van der Waals surface area (Å²) in [7, 11) is 2.88. The van der Waals surface area contributed by atoms with E-state index in [1.807, 2.05) is 48.6 Å². The number of benzene rings is 3. The number of carbonyl (C=O) groups is 2. The number of nitrogens with zero attached hydrogens (tertiary/aromatic N) is 1. The Morgan fingerprint density at radius 1 is 1.03 bits per heavy atom. The van der Waals surface area contributed by atoms with Crippen molar-refractivity contribution < 1.29 is 19.1 Å². The number of hydrogen-bond donors (Lipinski definition) is 2. The lowest BCUT2D eigenvalue weighted by Crippen LogP contribution is -2.28. The van der Waals surface area contributed by atoms with E-state index in [0.717, 1.165) is 16.7 Å². The van der Waals surface area contributed by atoms with Gasteiger partial charge >= 0.3 is 6.09 Å². The molecular formula is C31H29N3O4S. The molecule has 0 radical (unpaired) electrons. The second-order valence-electron chi connectivity index (χ2n) is 8.77. The maximum atomic E-state index is 13.5. The highest BCUT2D eigenvalue weighted by Crippen LogP contribution is 2.27. The smallest absolute Gasteiger partial charge is 0.412 e. The first-order valence-electron chi connectivity index (χ1n) is 12.3. The molecule has 0 aromatic heterocycles. The molecule has 0 heterocycles. The van der Waals surface area contributed by atoms with Crippen LogP contribution in [0.15, 0.2) is 102 Å². The standard InChI is InChI=1S/C31H29N3O4S/c1-37-27-14-11-23(12-15-27)29(35)28-16-13-26(19-24(28)17-22-9-6-10-25(32)18-22)33-30(34-31(36)38-2)39-20-21-7-4-3-5-8-21/h3-16,19,32H,17-18,20H2,1-2H3,(H,33,34,36). The number of methoxy groups -OCH3 is 2. The molecule has 0 fully saturated rings. The molecule has 0 saturated heterocycles. The summed E-state index contributed by atoms with van der Waals surface area (Å²) < 4.78 is 10.0. The third-order valence-corrected chi connectivity index (χ3v) is 6.94. The van der Waals surface area contributed by atoms with Crippen LogP contribution in [0.3, 0.4) is 0 Å². The van der Waals surface area contributed by atoms with Crippen LogP contribution < -0.4 is 10.1 Å². The number of thioether (sulfide) groups is 1. The molecule has 8 heteroatoms. The fourth-order valence-electron chi connectivity index (χ4n) is 4.02. The van der Waals surface area contributed by atoms with Gasteiger partial charge in [-0.2, -0.15) is 0 Å². The highest BCUT2D eigenvalue weighted by molar-refractivity contribution is 8.13. The molecule has 198 valence electrons. The average molecular weight is 540 g/mol. The highest BCUT2D eigenvalue weighted by Gasteiger charge is 2.17. The van der Waals surface area contributed by atoms with E-state index in [1.54, 1.807) is 49.6 Å². The summed E-state index contributed by atoms with van der Waals surface area (Å²) in [4.78, 5) is 30.2. The van der Waals surface area contributed by atoms with Crippen LogP contribution in [0.4, 0.5) is 10.5 Å². The summed E-state index contributed by atoms with van der Waals surface area (Å²) in [6.45, 7) is 0. The minimum Gasteiger partial charge on any atom is -0.497 e. The summed E-state index contributed by atoms with van der Waals surface area (Å²) in [6, 6.07) is 22.3. The van der Waals surface area contributed by atoms with Crippen LogP contribution in [0.5, 0.6) is 5.75 Å². The number of alkyl carbamates (subject to hydrolysis) is 1. The molecule has 7 nitrogen and oxygen atoms in total. The van der Waals surface area contributed by atoms with E-state index < -0.39 is 6.09 Å². The van der Waals surface area contributed by atoms with Gasteiger partial charge in [0.15, 0.2) is 11.0 Å². The Kier molecular flexibility index (Phi) is 9.48. The van der Waals surface area contributed by atoms with Gasteiger partial charge in [0, 0.05) is 29.0 Å². The highest BCUT2D eigenvalue weighted by atomic mass is 32.2. The SMILES string of the molecule is COC(=O)NC(=Nc1ccc(C(=O)c2ccc(OC)cc2)c(CC2=CC=CC(=N)C2)c1)SCc1ccccc1. The summed E-state index contributed by atoms with van der Waals surface area (Å²) in [5.41, 5.74) is 5.11. The van der Waals surface area contributed by atoms with E-state index in [9.17, 15) is 9.59 Å². The zero-order valence-electron chi connectivity index (χ0n) is 21.8. The van der Waals surface area contributed by atoms with E-state index in [0.29, 0.717) is 52.0 Å². The van der Waals surface area contributed by atoms with Gasteiger partial charge < -0.3 is 14.9 Å². The zero-order valence-corrected chi connectivity index (χ0v) is 22.6. The van der Waals surface area contributed by atoms with Crippen molar-refractivity contribution in [2.24, 2.45) is 4.99 Å².